The Morgan fingerprint density at radius 3 is 2.81 bits per heavy atom. The largest absolute Gasteiger partial charge is 0.361 e. The van der Waals surface area contributed by atoms with Crippen molar-refractivity contribution in [2.45, 2.75) is 32.7 Å². The summed E-state index contributed by atoms with van der Waals surface area (Å²) >= 11 is 0. The van der Waals surface area contributed by atoms with E-state index in [2.05, 4.69) is 15.8 Å². The SMILES string of the molecule is Cc1noc(C)c1C(=O)NC1(C)CCNC1. The summed E-state index contributed by atoms with van der Waals surface area (Å²) in [6.07, 6.45) is 0.947. The highest BCUT2D eigenvalue weighted by Crippen LogP contribution is 2.17. The highest BCUT2D eigenvalue weighted by atomic mass is 16.5. The summed E-state index contributed by atoms with van der Waals surface area (Å²) in [5, 5.41) is 10.1. The highest BCUT2D eigenvalue weighted by molar-refractivity contribution is 5.96. The zero-order valence-corrected chi connectivity index (χ0v) is 9.89. The molecular formula is C11H17N3O2. The van der Waals surface area contributed by atoms with Crippen molar-refractivity contribution in [3.05, 3.63) is 17.0 Å². The number of nitrogens with zero attached hydrogens (tertiary/aromatic N) is 1. The smallest absolute Gasteiger partial charge is 0.257 e. The third kappa shape index (κ3) is 1.95. The molecule has 0 spiro atoms. The van der Waals surface area contributed by atoms with E-state index in [1.807, 2.05) is 6.92 Å². The Hall–Kier alpha value is -1.36. The zero-order valence-electron chi connectivity index (χ0n) is 9.89. The maximum atomic E-state index is 12.1. The fourth-order valence-corrected chi connectivity index (χ4v) is 2.07. The summed E-state index contributed by atoms with van der Waals surface area (Å²) in [5.74, 6) is 0.479. The normalized spacial score (nSPS) is 24.7. The van der Waals surface area contributed by atoms with E-state index < -0.39 is 0 Å². The molecule has 5 nitrogen and oxygen atoms in total. The third-order valence-corrected chi connectivity index (χ3v) is 3.04. The molecule has 1 aliphatic rings. The molecular weight excluding hydrogens is 206 g/mol. The highest BCUT2D eigenvalue weighted by Gasteiger charge is 2.31. The molecule has 1 unspecified atom stereocenters. The van der Waals surface area contributed by atoms with Gasteiger partial charge in [0, 0.05) is 6.54 Å². The second-order valence-corrected chi connectivity index (χ2v) is 4.64. The fraction of sp³-hybridized carbons (Fsp3) is 0.636. The van der Waals surface area contributed by atoms with Gasteiger partial charge in [-0.1, -0.05) is 5.16 Å². The zero-order chi connectivity index (χ0) is 11.8. The van der Waals surface area contributed by atoms with Crippen LogP contribution in [0.1, 0.15) is 35.2 Å². The van der Waals surface area contributed by atoms with E-state index >= 15 is 0 Å². The van der Waals surface area contributed by atoms with Crippen molar-refractivity contribution in [2.75, 3.05) is 13.1 Å². The van der Waals surface area contributed by atoms with Gasteiger partial charge in [0.2, 0.25) is 0 Å². The van der Waals surface area contributed by atoms with Crippen molar-refractivity contribution in [1.82, 2.24) is 15.8 Å². The van der Waals surface area contributed by atoms with Crippen LogP contribution in [0.15, 0.2) is 4.52 Å². The molecule has 1 saturated heterocycles. The van der Waals surface area contributed by atoms with E-state index in [1.165, 1.54) is 0 Å². The van der Waals surface area contributed by atoms with Crippen molar-refractivity contribution in [3.63, 3.8) is 0 Å². The minimum Gasteiger partial charge on any atom is -0.361 e. The van der Waals surface area contributed by atoms with Gasteiger partial charge in [-0.15, -0.1) is 0 Å². The molecule has 0 aliphatic carbocycles. The van der Waals surface area contributed by atoms with Gasteiger partial charge in [0.05, 0.1) is 11.2 Å². The topological polar surface area (TPSA) is 67.2 Å². The van der Waals surface area contributed by atoms with Crippen LogP contribution in [0.3, 0.4) is 0 Å². The van der Waals surface area contributed by atoms with Crippen molar-refractivity contribution in [3.8, 4) is 0 Å². The Morgan fingerprint density at radius 2 is 2.31 bits per heavy atom. The summed E-state index contributed by atoms with van der Waals surface area (Å²) in [5.41, 5.74) is 1.05. The number of aromatic nitrogens is 1. The van der Waals surface area contributed by atoms with E-state index in [1.54, 1.807) is 13.8 Å². The number of hydrogen-bond donors (Lipinski definition) is 2. The van der Waals surface area contributed by atoms with Gasteiger partial charge in [-0.3, -0.25) is 4.79 Å². The van der Waals surface area contributed by atoms with Crippen LogP contribution in [-0.2, 0) is 0 Å². The lowest BCUT2D eigenvalue weighted by Crippen LogP contribution is -2.47. The Bertz CT molecular complexity index is 386. The quantitative estimate of drug-likeness (QED) is 0.777. The maximum absolute atomic E-state index is 12.1. The average Bonchev–Trinajstić information content (AvgIpc) is 2.74. The van der Waals surface area contributed by atoms with Gasteiger partial charge in [0.25, 0.3) is 5.91 Å². The molecule has 0 bridgehead atoms. The van der Waals surface area contributed by atoms with Gasteiger partial charge >= 0.3 is 0 Å². The van der Waals surface area contributed by atoms with E-state index in [0.29, 0.717) is 17.0 Å². The van der Waals surface area contributed by atoms with E-state index in [-0.39, 0.29) is 11.4 Å². The first-order chi connectivity index (χ1) is 7.52. The van der Waals surface area contributed by atoms with Gasteiger partial charge in [0.1, 0.15) is 11.3 Å². The molecule has 2 heterocycles. The lowest BCUT2D eigenvalue weighted by Gasteiger charge is -2.24. The predicted octanol–water partition coefficient (Wildman–Crippen LogP) is 0.773. The molecule has 16 heavy (non-hydrogen) atoms. The summed E-state index contributed by atoms with van der Waals surface area (Å²) < 4.78 is 4.99. The second-order valence-electron chi connectivity index (χ2n) is 4.64. The molecule has 0 saturated carbocycles. The fourth-order valence-electron chi connectivity index (χ4n) is 2.07. The molecule has 1 aliphatic heterocycles. The summed E-state index contributed by atoms with van der Waals surface area (Å²) in [7, 11) is 0. The van der Waals surface area contributed by atoms with Crippen molar-refractivity contribution in [2.24, 2.45) is 0 Å². The predicted molar refractivity (Wildman–Crippen MR) is 59.3 cm³/mol. The van der Waals surface area contributed by atoms with Crippen molar-refractivity contribution in [1.29, 1.82) is 0 Å². The molecule has 88 valence electrons. The number of rotatable bonds is 2. The van der Waals surface area contributed by atoms with Crippen molar-refractivity contribution >= 4 is 5.91 Å². The van der Waals surface area contributed by atoms with Crippen LogP contribution >= 0.6 is 0 Å². The first-order valence-electron chi connectivity index (χ1n) is 5.48. The molecule has 2 rings (SSSR count). The maximum Gasteiger partial charge on any atom is 0.257 e. The molecule has 1 aromatic heterocycles. The minimum atomic E-state index is -0.159. The van der Waals surface area contributed by atoms with Gasteiger partial charge in [0.15, 0.2) is 0 Å². The molecule has 5 heteroatoms. The first-order valence-corrected chi connectivity index (χ1v) is 5.48. The Kier molecular flexibility index (Phi) is 2.71. The van der Waals surface area contributed by atoms with Crippen LogP contribution in [-0.4, -0.2) is 29.7 Å². The number of carbonyl (C=O) groups excluding carboxylic acids is 1. The number of nitrogens with one attached hydrogen (secondary N) is 2. The summed E-state index contributed by atoms with van der Waals surface area (Å²) in [4.78, 5) is 12.1. The minimum absolute atomic E-state index is 0.0950. The molecule has 2 N–H and O–H groups in total. The standard InChI is InChI=1S/C11H17N3O2/c1-7-9(8(2)16-14-7)10(15)13-11(3)4-5-12-6-11/h12H,4-6H2,1-3H3,(H,13,15). The monoisotopic (exact) mass is 223 g/mol. The van der Waals surface area contributed by atoms with Crippen LogP contribution in [0.25, 0.3) is 0 Å². The van der Waals surface area contributed by atoms with Crippen LogP contribution in [0.4, 0.5) is 0 Å². The third-order valence-electron chi connectivity index (χ3n) is 3.04. The molecule has 1 fully saturated rings. The first kappa shape index (κ1) is 11.1. The molecule has 1 amide bonds. The van der Waals surface area contributed by atoms with Gasteiger partial charge in [-0.2, -0.15) is 0 Å². The summed E-state index contributed by atoms with van der Waals surface area (Å²) in [6.45, 7) is 7.33. The van der Waals surface area contributed by atoms with Crippen LogP contribution in [0.2, 0.25) is 0 Å². The Morgan fingerprint density at radius 1 is 1.56 bits per heavy atom. The van der Waals surface area contributed by atoms with E-state index in [0.717, 1.165) is 19.5 Å². The van der Waals surface area contributed by atoms with Crippen LogP contribution in [0.5, 0.6) is 0 Å². The lowest BCUT2D eigenvalue weighted by atomic mass is 10.0. The molecule has 0 aromatic carbocycles. The van der Waals surface area contributed by atoms with E-state index in [9.17, 15) is 4.79 Å². The van der Waals surface area contributed by atoms with Crippen LogP contribution in [0, 0.1) is 13.8 Å². The molecule has 1 aromatic rings. The molecule has 0 radical (unpaired) electrons. The number of hydrogen-bond acceptors (Lipinski definition) is 4. The van der Waals surface area contributed by atoms with Gasteiger partial charge in [-0.25, -0.2) is 0 Å². The number of amides is 1. The second kappa shape index (κ2) is 3.90. The molecule has 1 atom stereocenters. The number of carbonyl (C=O) groups is 1. The summed E-state index contributed by atoms with van der Waals surface area (Å²) in [6, 6.07) is 0. The Balaban J connectivity index is 2.14. The lowest BCUT2D eigenvalue weighted by molar-refractivity contribution is 0.0911. The Labute approximate surface area is 94.6 Å². The van der Waals surface area contributed by atoms with Crippen LogP contribution < -0.4 is 10.6 Å². The average molecular weight is 223 g/mol. The number of aryl methyl sites for hydroxylation is 2. The van der Waals surface area contributed by atoms with Crippen molar-refractivity contribution < 1.29 is 9.32 Å². The van der Waals surface area contributed by atoms with E-state index in [4.69, 9.17) is 4.52 Å². The van der Waals surface area contributed by atoms with Gasteiger partial charge < -0.3 is 15.2 Å². The van der Waals surface area contributed by atoms with Gasteiger partial charge in [-0.05, 0) is 33.7 Å².